The lowest BCUT2D eigenvalue weighted by Crippen LogP contribution is -2.70. The number of methoxy groups -OCH3 is 1. The molecule has 7 aromatic carbocycles. The number of hydrogen-bond acceptors (Lipinski definition) is 13. The molecule has 0 radical (unpaired) electrons. The zero-order valence-electron chi connectivity index (χ0n) is 40.0. The van der Waals surface area contributed by atoms with Gasteiger partial charge in [-0.3, -0.25) is 14.5 Å². The number of benzene rings is 7. The molecule has 0 saturated carbocycles. The van der Waals surface area contributed by atoms with Crippen LogP contribution >= 0.6 is 0 Å². The molecule has 3 fully saturated rings. The fraction of sp³-hybridized carbons (Fsp3) is 0.288. The van der Waals surface area contributed by atoms with Gasteiger partial charge in [-0.25, -0.2) is 0 Å². The lowest BCUT2D eigenvalue weighted by molar-refractivity contribution is -0.386. The monoisotopic (exact) mass is 985 g/mol. The van der Waals surface area contributed by atoms with Crippen molar-refractivity contribution in [3.63, 3.8) is 0 Å². The first-order chi connectivity index (χ1) is 35.9. The summed E-state index contributed by atoms with van der Waals surface area (Å²) >= 11 is 0. The van der Waals surface area contributed by atoms with Gasteiger partial charge in [-0.1, -0.05) is 140 Å². The van der Waals surface area contributed by atoms with Crippen LogP contribution in [0.25, 0.3) is 10.8 Å². The van der Waals surface area contributed by atoms with Crippen LogP contribution in [0.3, 0.4) is 0 Å². The van der Waals surface area contributed by atoms with Crippen LogP contribution < -0.4 is 9.47 Å². The molecule has 0 aromatic heterocycles. The molecule has 0 aliphatic carbocycles. The van der Waals surface area contributed by atoms with E-state index in [4.69, 9.17) is 47.4 Å². The van der Waals surface area contributed by atoms with Crippen LogP contribution in [-0.4, -0.2) is 103 Å². The fourth-order valence-electron chi connectivity index (χ4n) is 9.97. The van der Waals surface area contributed by atoms with E-state index in [-0.39, 0.29) is 44.2 Å². The molecule has 1 unspecified atom stereocenters. The van der Waals surface area contributed by atoms with Crippen LogP contribution in [0.15, 0.2) is 182 Å². The molecule has 374 valence electrons. The summed E-state index contributed by atoms with van der Waals surface area (Å²) in [6.07, 6.45) is -11.0. The number of carbonyl (C=O) groups excluding carboxylic acids is 2. The average Bonchev–Trinajstić information content (AvgIpc) is 3.69. The number of imide groups is 1. The summed E-state index contributed by atoms with van der Waals surface area (Å²) in [6, 6.07) is 55.2. The van der Waals surface area contributed by atoms with E-state index in [0.717, 1.165) is 37.9 Å². The second-order valence-corrected chi connectivity index (χ2v) is 18.4. The van der Waals surface area contributed by atoms with E-state index in [1.807, 2.05) is 127 Å². The summed E-state index contributed by atoms with van der Waals surface area (Å²) in [5.41, 5.74) is 3.84. The SMILES string of the molecule is COc1ccc(O[C@@H]2O[C@H](COCc3ccccc3)[C@@H](O[C@@H]3O[C@@H]4COC(c5ccccc5)O[C@H]4[C@H](OCc4ccc5ccccc5c4)[C@@H]3O)[C@H](OCc3ccccc3)[C@H]2N2C(=O)c3ccccc3C2=O)cc1. The van der Waals surface area contributed by atoms with Crippen molar-refractivity contribution in [2.75, 3.05) is 20.3 Å². The largest absolute Gasteiger partial charge is 0.497 e. The minimum Gasteiger partial charge on any atom is -0.497 e. The zero-order valence-corrected chi connectivity index (χ0v) is 40.0. The van der Waals surface area contributed by atoms with Gasteiger partial charge in [-0.15, -0.1) is 0 Å². The number of carbonyl (C=O) groups is 2. The Morgan fingerprint density at radius 2 is 1.18 bits per heavy atom. The molecule has 2 amide bonds. The van der Waals surface area contributed by atoms with Crippen molar-refractivity contribution < 1.29 is 62.1 Å². The van der Waals surface area contributed by atoms with Gasteiger partial charge in [0.05, 0.1) is 51.3 Å². The van der Waals surface area contributed by atoms with Crippen LogP contribution in [0.4, 0.5) is 0 Å². The standard InChI is InChI=1S/C59H55NO13/c1-64-43-27-29-44(30-28-43)69-58-49(60-55(62)45-23-13-14-24-46(45)56(60)63)53(66-33-38-17-7-3-8-18-38)51(47(70-58)35-65-32-37-15-5-2-6-16-37)73-59-50(61)54(67-34-39-25-26-40-19-11-12-22-42(40)31-39)52-48(71-59)36-68-57(72-52)41-20-9-4-10-21-41/h2-31,47-54,57-59,61H,32-36H2,1H3/t47-,48-,49-,50+,51-,52-,53-,54-,57?,58-,59+/m1/s1. The molecule has 14 heteroatoms. The normalized spacial score (nSPS) is 26.8. The Morgan fingerprint density at radius 1 is 0.575 bits per heavy atom. The molecule has 11 atom stereocenters. The Balaban J connectivity index is 0.974. The zero-order chi connectivity index (χ0) is 49.7. The number of ether oxygens (including phenoxy) is 10. The molecular weight excluding hydrogens is 931 g/mol. The third-order valence-corrected chi connectivity index (χ3v) is 13.7. The summed E-state index contributed by atoms with van der Waals surface area (Å²) in [6.45, 7) is 0.352. The van der Waals surface area contributed by atoms with Crippen molar-refractivity contribution in [3.05, 3.63) is 215 Å². The first kappa shape index (κ1) is 48.4. The van der Waals surface area contributed by atoms with Gasteiger partial charge < -0.3 is 52.5 Å². The van der Waals surface area contributed by atoms with E-state index in [0.29, 0.717) is 11.5 Å². The van der Waals surface area contributed by atoms with Gasteiger partial charge >= 0.3 is 0 Å². The first-order valence-corrected chi connectivity index (χ1v) is 24.5. The van der Waals surface area contributed by atoms with E-state index < -0.39 is 79.5 Å². The molecule has 0 spiro atoms. The van der Waals surface area contributed by atoms with Crippen LogP contribution in [0.2, 0.25) is 0 Å². The Kier molecular flexibility index (Phi) is 14.7. The van der Waals surface area contributed by atoms with Crippen LogP contribution in [0, 0.1) is 0 Å². The van der Waals surface area contributed by atoms with E-state index in [1.54, 1.807) is 55.6 Å². The molecule has 4 aliphatic heterocycles. The van der Waals surface area contributed by atoms with Crippen molar-refractivity contribution >= 4 is 22.6 Å². The molecule has 4 aliphatic rings. The van der Waals surface area contributed by atoms with Crippen molar-refractivity contribution in [1.82, 2.24) is 4.90 Å². The molecule has 1 N–H and O–H groups in total. The van der Waals surface area contributed by atoms with Crippen molar-refractivity contribution in [2.24, 2.45) is 0 Å². The fourth-order valence-corrected chi connectivity index (χ4v) is 9.97. The lowest BCUT2D eigenvalue weighted by atomic mass is 9.93. The highest BCUT2D eigenvalue weighted by molar-refractivity contribution is 6.21. The van der Waals surface area contributed by atoms with Crippen molar-refractivity contribution in [3.8, 4) is 11.5 Å². The second kappa shape index (κ2) is 22.1. The first-order valence-electron chi connectivity index (χ1n) is 24.5. The predicted molar refractivity (Wildman–Crippen MR) is 266 cm³/mol. The quantitative estimate of drug-likeness (QED) is 0.0869. The topological polar surface area (TPSA) is 150 Å². The van der Waals surface area contributed by atoms with Crippen LogP contribution in [0.1, 0.15) is 49.3 Å². The van der Waals surface area contributed by atoms with Crippen LogP contribution in [-0.2, 0) is 57.7 Å². The van der Waals surface area contributed by atoms with Gasteiger partial charge in [0.25, 0.3) is 11.8 Å². The summed E-state index contributed by atoms with van der Waals surface area (Å²) in [5.74, 6) is -0.165. The average molecular weight is 986 g/mol. The van der Waals surface area contributed by atoms with E-state index >= 15 is 0 Å². The second-order valence-electron chi connectivity index (χ2n) is 18.4. The number of hydrogen-bond donors (Lipinski definition) is 1. The smallest absolute Gasteiger partial charge is 0.262 e. The number of rotatable bonds is 17. The molecular formula is C59H55NO13. The molecule has 11 rings (SSSR count). The third-order valence-electron chi connectivity index (χ3n) is 13.7. The van der Waals surface area contributed by atoms with Gasteiger partial charge in [0.1, 0.15) is 60.3 Å². The third kappa shape index (κ3) is 10.5. The summed E-state index contributed by atoms with van der Waals surface area (Å²) in [5, 5.41) is 14.8. The molecule has 73 heavy (non-hydrogen) atoms. The molecule has 0 bridgehead atoms. The Labute approximate surface area is 422 Å². The molecule has 14 nitrogen and oxygen atoms in total. The Bertz CT molecular complexity index is 2930. The Hall–Kier alpha value is -6.82. The number of amides is 2. The summed E-state index contributed by atoms with van der Waals surface area (Å²) in [4.78, 5) is 30.6. The number of fused-ring (bicyclic) bond motifs is 3. The maximum atomic E-state index is 14.7. The maximum Gasteiger partial charge on any atom is 0.262 e. The molecule has 3 saturated heterocycles. The number of aliphatic hydroxyl groups excluding tert-OH is 1. The Morgan fingerprint density at radius 3 is 1.88 bits per heavy atom. The van der Waals surface area contributed by atoms with Crippen molar-refractivity contribution in [1.29, 1.82) is 0 Å². The molecule has 7 aromatic rings. The van der Waals surface area contributed by atoms with E-state index in [9.17, 15) is 14.7 Å². The van der Waals surface area contributed by atoms with Gasteiger partial charge in [0, 0.05) is 5.56 Å². The van der Waals surface area contributed by atoms with Crippen LogP contribution in [0.5, 0.6) is 11.5 Å². The summed E-state index contributed by atoms with van der Waals surface area (Å²) in [7, 11) is 1.56. The minimum absolute atomic E-state index is 0.0245. The predicted octanol–water partition coefficient (Wildman–Crippen LogP) is 8.59. The number of aliphatic hydroxyl groups is 1. The highest BCUT2D eigenvalue weighted by Gasteiger charge is 2.58. The van der Waals surface area contributed by atoms with Crippen molar-refractivity contribution in [2.45, 2.75) is 87.5 Å². The van der Waals surface area contributed by atoms with E-state index in [2.05, 4.69) is 6.07 Å². The van der Waals surface area contributed by atoms with Gasteiger partial charge in [0.2, 0.25) is 6.29 Å². The number of nitrogens with zero attached hydrogens (tertiary/aromatic N) is 1. The molecule has 4 heterocycles. The summed E-state index contributed by atoms with van der Waals surface area (Å²) < 4.78 is 66.0. The lowest BCUT2D eigenvalue weighted by Gasteiger charge is -2.51. The van der Waals surface area contributed by atoms with E-state index in [1.165, 1.54) is 0 Å². The minimum atomic E-state index is -1.47. The highest BCUT2D eigenvalue weighted by Crippen LogP contribution is 2.41. The van der Waals surface area contributed by atoms with Gasteiger partial charge in [-0.2, -0.15) is 0 Å². The highest BCUT2D eigenvalue weighted by atomic mass is 16.8. The maximum absolute atomic E-state index is 14.7. The van der Waals surface area contributed by atoms with Gasteiger partial charge in [-0.05, 0) is 69.9 Å². The van der Waals surface area contributed by atoms with Gasteiger partial charge in [0.15, 0.2) is 12.6 Å².